The van der Waals surface area contributed by atoms with Crippen LogP contribution < -0.4 is 0 Å². The first kappa shape index (κ1) is 12.9. The van der Waals surface area contributed by atoms with Crippen molar-refractivity contribution in [3.05, 3.63) is 52.4 Å². The summed E-state index contributed by atoms with van der Waals surface area (Å²) >= 11 is 6.06. The Bertz CT molecular complexity index is 801. The molecule has 0 amide bonds. The lowest BCUT2D eigenvalue weighted by molar-refractivity contribution is 0.112. The van der Waals surface area contributed by atoms with Crippen molar-refractivity contribution >= 4 is 28.8 Å². The van der Waals surface area contributed by atoms with Gasteiger partial charge in [-0.15, -0.1) is 0 Å². The average Bonchev–Trinajstić information content (AvgIpc) is 2.90. The van der Waals surface area contributed by atoms with Gasteiger partial charge in [-0.3, -0.25) is 9.48 Å². The van der Waals surface area contributed by atoms with Crippen LogP contribution in [0.2, 0.25) is 5.02 Å². The first-order valence-electron chi connectivity index (χ1n) is 6.31. The molecule has 1 aromatic carbocycles. The fourth-order valence-electron chi connectivity index (χ4n) is 2.50. The van der Waals surface area contributed by atoms with Gasteiger partial charge in [0.2, 0.25) is 0 Å². The minimum atomic E-state index is 0.655. The largest absolute Gasteiger partial charge is 0.341 e. The number of hydrogen-bond acceptors (Lipinski definition) is 2. The third-order valence-corrected chi connectivity index (χ3v) is 3.67. The average molecular weight is 288 g/mol. The van der Waals surface area contributed by atoms with Gasteiger partial charge in [0.25, 0.3) is 0 Å². The van der Waals surface area contributed by atoms with Crippen molar-refractivity contribution in [3.8, 4) is 0 Å². The Kier molecular flexibility index (Phi) is 3.10. The van der Waals surface area contributed by atoms with Crippen LogP contribution >= 0.6 is 11.6 Å². The van der Waals surface area contributed by atoms with Crippen molar-refractivity contribution < 1.29 is 4.79 Å². The molecule has 5 heteroatoms. The molecule has 0 aliphatic heterocycles. The number of rotatable bonds is 3. The van der Waals surface area contributed by atoms with Crippen LogP contribution in [0.4, 0.5) is 0 Å². The van der Waals surface area contributed by atoms with Crippen molar-refractivity contribution in [2.75, 3.05) is 0 Å². The second-order valence-corrected chi connectivity index (χ2v) is 5.33. The molecule has 0 bridgehead atoms. The molecule has 0 spiro atoms. The summed E-state index contributed by atoms with van der Waals surface area (Å²) < 4.78 is 3.88. The quantitative estimate of drug-likeness (QED) is 0.694. The van der Waals surface area contributed by atoms with Gasteiger partial charge in [-0.25, -0.2) is 0 Å². The van der Waals surface area contributed by atoms with Gasteiger partial charge in [-0.05, 0) is 25.1 Å². The molecular formula is C15H14ClN3O. The predicted molar refractivity (Wildman–Crippen MR) is 79.4 cm³/mol. The van der Waals surface area contributed by atoms with E-state index < -0.39 is 0 Å². The zero-order valence-electron chi connectivity index (χ0n) is 11.3. The Morgan fingerprint density at radius 1 is 1.35 bits per heavy atom. The van der Waals surface area contributed by atoms with E-state index in [1.807, 2.05) is 47.6 Å². The number of carbonyl (C=O) groups is 1. The normalized spacial score (nSPS) is 11.2. The van der Waals surface area contributed by atoms with Crippen molar-refractivity contribution in [1.82, 2.24) is 14.3 Å². The Morgan fingerprint density at radius 3 is 2.80 bits per heavy atom. The number of aromatic nitrogens is 3. The number of benzene rings is 1. The summed E-state index contributed by atoms with van der Waals surface area (Å²) in [7, 11) is 1.92. The van der Waals surface area contributed by atoms with Crippen LogP contribution in [-0.4, -0.2) is 20.6 Å². The summed E-state index contributed by atoms with van der Waals surface area (Å²) in [6.45, 7) is 2.62. The highest BCUT2D eigenvalue weighted by Gasteiger charge is 2.10. The highest BCUT2D eigenvalue weighted by Crippen LogP contribution is 2.24. The Balaban J connectivity index is 2.13. The standard InChI is InChI=1S/C15H14ClN3O/c1-10-5-13(18(2)17-10)8-19-7-11(9-20)14-4-3-12(16)6-15(14)19/h3-7,9H,8H2,1-2H3. The lowest BCUT2D eigenvalue weighted by Crippen LogP contribution is -2.04. The van der Waals surface area contributed by atoms with Crippen LogP contribution in [0.5, 0.6) is 0 Å². The minimum absolute atomic E-state index is 0.655. The topological polar surface area (TPSA) is 39.8 Å². The van der Waals surface area contributed by atoms with E-state index in [9.17, 15) is 4.79 Å². The molecule has 0 saturated heterocycles. The molecule has 0 fully saturated rings. The molecule has 20 heavy (non-hydrogen) atoms. The first-order chi connectivity index (χ1) is 9.58. The smallest absolute Gasteiger partial charge is 0.152 e. The SMILES string of the molecule is Cc1cc(Cn2cc(C=O)c3ccc(Cl)cc32)n(C)n1. The van der Waals surface area contributed by atoms with E-state index in [1.54, 1.807) is 6.07 Å². The number of halogens is 1. The lowest BCUT2D eigenvalue weighted by Gasteiger charge is -2.06. The predicted octanol–water partition coefficient (Wildman–Crippen LogP) is 3.20. The van der Waals surface area contributed by atoms with Gasteiger partial charge >= 0.3 is 0 Å². The molecular weight excluding hydrogens is 274 g/mol. The number of fused-ring (bicyclic) bond motifs is 1. The first-order valence-corrected chi connectivity index (χ1v) is 6.69. The van der Waals surface area contributed by atoms with Crippen molar-refractivity contribution in [2.24, 2.45) is 7.05 Å². The summed E-state index contributed by atoms with van der Waals surface area (Å²) in [5.74, 6) is 0. The van der Waals surface area contributed by atoms with Crippen LogP contribution in [0.15, 0.2) is 30.5 Å². The zero-order valence-corrected chi connectivity index (χ0v) is 12.1. The van der Waals surface area contributed by atoms with E-state index in [4.69, 9.17) is 11.6 Å². The maximum atomic E-state index is 11.2. The third-order valence-electron chi connectivity index (χ3n) is 3.43. The second kappa shape index (κ2) is 4.80. The van der Waals surface area contributed by atoms with E-state index in [0.717, 1.165) is 28.6 Å². The molecule has 0 atom stereocenters. The van der Waals surface area contributed by atoms with Crippen LogP contribution in [0.25, 0.3) is 10.9 Å². The van der Waals surface area contributed by atoms with Gasteiger partial charge in [-0.2, -0.15) is 5.10 Å². The number of carbonyl (C=O) groups excluding carboxylic acids is 1. The lowest BCUT2D eigenvalue weighted by atomic mass is 10.2. The third kappa shape index (κ3) is 2.12. The van der Waals surface area contributed by atoms with Gasteiger partial charge in [-0.1, -0.05) is 17.7 Å². The van der Waals surface area contributed by atoms with Gasteiger partial charge in [0.05, 0.1) is 23.4 Å². The van der Waals surface area contributed by atoms with Crippen molar-refractivity contribution in [2.45, 2.75) is 13.5 Å². The summed E-state index contributed by atoms with van der Waals surface area (Å²) in [6, 6.07) is 7.60. The van der Waals surface area contributed by atoms with Crippen LogP contribution in [0.3, 0.4) is 0 Å². The molecule has 0 unspecified atom stereocenters. The minimum Gasteiger partial charge on any atom is -0.341 e. The highest BCUT2D eigenvalue weighted by atomic mass is 35.5. The fourth-order valence-corrected chi connectivity index (χ4v) is 2.67. The van der Waals surface area contributed by atoms with Crippen molar-refractivity contribution in [3.63, 3.8) is 0 Å². The molecule has 102 valence electrons. The molecule has 2 heterocycles. The molecule has 0 saturated carbocycles. The van der Waals surface area contributed by atoms with Gasteiger partial charge in [0.1, 0.15) is 0 Å². The second-order valence-electron chi connectivity index (χ2n) is 4.89. The van der Waals surface area contributed by atoms with Crippen LogP contribution in [-0.2, 0) is 13.6 Å². The maximum absolute atomic E-state index is 11.2. The number of aldehydes is 1. The molecule has 0 aliphatic carbocycles. The summed E-state index contributed by atoms with van der Waals surface area (Å²) in [5, 5.41) is 5.92. The van der Waals surface area contributed by atoms with Crippen molar-refractivity contribution in [1.29, 1.82) is 0 Å². The highest BCUT2D eigenvalue weighted by molar-refractivity contribution is 6.31. The fraction of sp³-hybridized carbons (Fsp3) is 0.200. The molecule has 0 aliphatic rings. The van der Waals surface area contributed by atoms with Crippen LogP contribution in [0.1, 0.15) is 21.7 Å². The summed E-state index contributed by atoms with van der Waals surface area (Å²) in [6.07, 6.45) is 2.73. The molecule has 4 nitrogen and oxygen atoms in total. The maximum Gasteiger partial charge on any atom is 0.152 e. The van der Waals surface area contributed by atoms with E-state index in [2.05, 4.69) is 5.10 Å². The number of hydrogen-bond donors (Lipinski definition) is 0. The molecule has 3 rings (SSSR count). The van der Waals surface area contributed by atoms with E-state index in [0.29, 0.717) is 17.1 Å². The Morgan fingerprint density at radius 2 is 2.15 bits per heavy atom. The van der Waals surface area contributed by atoms with Gasteiger partial charge < -0.3 is 4.57 Å². The van der Waals surface area contributed by atoms with Crippen LogP contribution in [0, 0.1) is 6.92 Å². The Labute approximate surface area is 121 Å². The number of nitrogens with zero attached hydrogens (tertiary/aromatic N) is 3. The monoisotopic (exact) mass is 287 g/mol. The summed E-state index contributed by atoms with van der Waals surface area (Å²) in [4.78, 5) is 11.2. The van der Waals surface area contributed by atoms with Gasteiger partial charge in [0, 0.05) is 29.2 Å². The summed E-state index contributed by atoms with van der Waals surface area (Å²) in [5.41, 5.74) is 3.69. The van der Waals surface area contributed by atoms with Gasteiger partial charge in [0.15, 0.2) is 6.29 Å². The van der Waals surface area contributed by atoms with E-state index >= 15 is 0 Å². The molecule has 2 aromatic heterocycles. The molecule has 3 aromatic rings. The number of aryl methyl sites for hydroxylation is 2. The molecule has 0 radical (unpaired) electrons. The Hall–Kier alpha value is -2.07. The van der Waals surface area contributed by atoms with E-state index in [-0.39, 0.29) is 0 Å². The van der Waals surface area contributed by atoms with E-state index in [1.165, 1.54) is 0 Å². The molecule has 0 N–H and O–H groups in total. The zero-order chi connectivity index (χ0) is 14.3.